The number of carbonyl (C=O) groups excluding carboxylic acids is 2. The average Bonchev–Trinajstić information content (AvgIpc) is 2.74. The third-order valence-corrected chi connectivity index (χ3v) is 7.37. The first kappa shape index (κ1) is 16.2. The summed E-state index contributed by atoms with van der Waals surface area (Å²) >= 11 is 0. The Morgan fingerprint density at radius 1 is 1.21 bits per heavy atom. The van der Waals surface area contributed by atoms with E-state index in [1.165, 1.54) is 12.2 Å². The van der Waals surface area contributed by atoms with Crippen molar-refractivity contribution in [3.8, 4) is 0 Å². The van der Waals surface area contributed by atoms with Crippen LogP contribution in [0.15, 0.2) is 23.8 Å². The van der Waals surface area contributed by atoms with E-state index in [0.29, 0.717) is 12.8 Å². The smallest absolute Gasteiger partial charge is 0.178 e. The topological polar surface area (TPSA) is 74.6 Å². The molecule has 0 aromatic carbocycles. The molecule has 0 spiro atoms. The van der Waals surface area contributed by atoms with E-state index in [4.69, 9.17) is 0 Å². The van der Waals surface area contributed by atoms with Gasteiger partial charge in [-0.3, -0.25) is 9.59 Å². The van der Waals surface area contributed by atoms with Crippen LogP contribution < -0.4 is 0 Å². The highest BCUT2D eigenvalue weighted by molar-refractivity contribution is 6.01. The van der Waals surface area contributed by atoms with Gasteiger partial charge in [-0.1, -0.05) is 18.6 Å². The number of alkyl halides is 1. The van der Waals surface area contributed by atoms with E-state index in [2.05, 4.69) is 0 Å². The second-order valence-corrected chi connectivity index (χ2v) is 8.38. The zero-order valence-corrected chi connectivity index (χ0v) is 14.0. The second kappa shape index (κ2) is 4.64. The van der Waals surface area contributed by atoms with E-state index in [0.717, 1.165) is 5.57 Å². The number of carbonyl (C=O) groups is 2. The number of ketones is 2. The van der Waals surface area contributed by atoms with E-state index >= 15 is 4.39 Å². The molecule has 0 radical (unpaired) electrons. The molecule has 4 aliphatic carbocycles. The Balaban J connectivity index is 1.84. The molecule has 0 aliphatic heterocycles. The van der Waals surface area contributed by atoms with Crippen molar-refractivity contribution in [1.29, 1.82) is 0 Å². The van der Waals surface area contributed by atoms with Crippen LogP contribution in [-0.2, 0) is 9.59 Å². The monoisotopic (exact) mass is 334 g/mol. The van der Waals surface area contributed by atoms with E-state index < -0.39 is 34.6 Å². The molecular formula is C19H23FO4. The minimum atomic E-state index is -1.93. The van der Waals surface area contributed by atoms with Gasteiger partial charge in [-0.25, -0.2) is 4.39 Å². The first-order valence-electron chi connectivity index (χ1n) is 8.68. The summed E-state index contributed by atoms with van der Waals surface area (Å²) < 4.78 is 16.5. The fourth-order valence-electron chi connectivity index (χ4n) is 6.01. The summed E-state index contributed by atoms with van der Waals surface area (Å²) in [5, 5.41) is 20.9. The largest absolute Gasteiger partial charge is 0.390 e. The Hall–Kier alpha value is -1.33. The SMILES string of the molecule is C[C@]12C=CC(=O)C=C1CCC1C3C[C@@H](O)C(=O)[C@@]3(C)C[C@H](O)[C@@]12F. The van der Waals surface area contributed by atoms with Gasteiger partial charge in [-0.05, 0) is 50.7 Å². The van der Waals surface area contributed by atoms with Gasteiger partial charge in [0.2, 0.25) is 0 Å². The van der Waals surface area contributed by atoms with Crippen LogP contribution in [-0.4, -0.2) is 39.7 Å². The molecule has 3 fully saturated rings. The Bertz CT molecular complexity index is 697. The summed E-state index contributed by atoms with van der Waals surface area (Å²) in [6.07, 6.45) is 3.43. The predicted octanol–water partition coefficient (Wildman–Crippen LogP) is 1.90. The number of hydrogen-bond acceptors (Lipinski definition) is 4. The van der Waals surface area contributed by atoms with E-state index in [-0.39, 0.29) is 30.3 Å². The molecule has 130 valence electrons. The zero-order chi connectivity index (χ0) is 17.5. The summed E-state index contributed by atoms with van der Waals surface area (Å²) in [5.74, 6) is -1.20. The quantitative estimate of drug-likeness (QED) is 0.709. The zero-order valence-electron chi connectivity index (χ0n) is 14.0. The lowest BCUT2D eigenvalue weighted by Gasteiger charge is -2.60. The van der Waals surface area contributed by atoms with E-state index in [9.17, 15) is 19.8 Å². The third-order valence-electron chi connectivity index (χ3n) is 7.37. The van der Waals surface area contributed by atoms with Crippen molar-refractivity contribution >= 4 is 11.6 Å². The van der Waals surface area contributed by atoms with Gasteiger partial charge >= 0.3 is 0 Å². The van der Waals surface area contributed by atoms with Gasteiger partial charge in [-0.2, -0.15) is 0 Å². The molecule has 0 aromatic rings. The summed E-state index contributed by atoms with van der Waals surface area (Å²) in [6.45, 7) is 3.50. The lowest BCUT2D eigenvalue weighted by Crippen LogP contribution is -2.66. The normalized spacial score (nSPS) is 53.3. The molecule has 0 saturated heterocycles. The van der Waals surface area contributed by atoms with Gasteiger partial charge in [0.05, 0.1) is 6.10 Å². The van der Waals surface area contributed by atoms with Crippen molar-refractivity contribution in [2.75, 3.05) is 0 Å². The number of fused-ring (bicyclic) bond motifs is 5. The summed E-state index contributed by atoms with van der Waals surface area (Å²) in [5.41, 5.74) is -3.12. The number of halogens is 1. The van der Waals surface area contributed by atoms with Crippen molar-refractivity contribution in [2.45, 2.75) is 57.4 Å². The van der Waals surface area contributed by atoms with Crippen LogP contribution in [0, 0.1) is 22.7 Å². The van der Waals surface area contributed by atoms with Crippen molar-refractivity contribution in [3.63, 3.8) is 0 Å². The van der Waals surface area contributed by atoms with Gasteiger partial charge in [0.15, 0.2) is 17.2 Å². The van der Waals surface area contributed by atoms with Crippen LogP contribution in [0.3, 0.4) is 0 Å². The molecule has 4 rings (SSSR count). The second-order valence-electron chi connectivity index (χ2n) is 8.38. The van der Waals surface area contributed by atoms with Gasteiger partial charge in [0.25, 0.3) is 0 Å². The third kappa shape index (κ3) is 1.65. The van der Waals surface area contributed by atoms with Crippen molar-refractivity contribution < 1.29 is 24.2 Å². The molecule has 5 heteroatoms. The maximum absolute atomic E-state index is 16.5. The highest BCUT2D eigenvalue weighted by atomic mass is 19.1. The van der Waals surface area contributed by atoms with Crippen LogP contribution in [0.1, 0.15) is 39.5 Å². The summed E-state index contributed by atoms with van der Waals surface area (Å²) in [6, 6.07) is 0. The molecular weight excluding hydrogens is 311 g/mol. The Labute approximate surface area is 140 Å². The van der Waals surface area contributed by atoms with E-state index in [1.807, 2.05) is 0 Å². The van der Waals surface area contributed by atoms with Gasteiger partial charge < -0.3 is 10.2 Å². The summed E-state index contributed by atoms with van der Waals surface area (Å²) in [4.78, 5) is 24.1. The number of aliphatic hydroxyl groups excluding tert-OH is 2. The molecule has 0 heterocycles. The Kier molecular flexibility index (Phi) is 3.12. The molecule has 4 nitrogen and oxygen atoms in total. The fourth-order valence-corrected chi connectivity index (χ4v) is 6.01. The van der Waals surface area contributed by atoms with E-state index in [1.54, 1.807) is 19.9 Å². The first-order valence-corrected chi connectivity index (χ1v) is 8.68. The number of aliphatic hydroxyl groups is 2. The maximum atomic E-state index is 16.5. The van der Waals surface area contributed by atoms with Crippen LogP contribution in [0.4, 0.5) is 4.39 Å². The molecule has 2 N–H and O–H groups in total. The fraction of sp³-hybridized carbons (Fsp3) is 0.684. The standard InChI is InChI=1S/C19H23FO4/c1-17-9-15(23)19(20)12(13(17)8-14(22)16(17)24)4-3-10-7-11(21)5-6-18(10,19)2/h5-7,12-15,22-23H,3-4,8-9H2,1-2H3/t12?,13?,14-,15+,17+,18+,19+/m1/s1. The highest BCUT2D eigenvalue weighted by Crippen LogP contribution is 2.66. The number of hydrogen-bond donors (Lipinski definition) is 2. The highest BCUT2D eigenvalue weighted by Gasteiger charge is 2.71. The Morgan fingerprint density at radius 3 is 2.62 bits per heavy atom. The molecule has 0 amide bonds. The first-order chi connectivity index (χ1) is 11.1. The molecule has 3 saturated carbocycles. The number of rotatable bonds is 0. The molecule has 7 atom stereocenters. The number of allylic oxidation sites excluding steroid dienone is 4. The van der Waals surface area contributed by atoms with Gasteiger partial charge in [0.1, 0.15) is 6.10 Å². The van der Waals surface area contributed by atoms with Crippen LogP contribution in [0.25, 0.3) is 0 Å². The molecule has 24 heavy (non-hydrogen) atoms. The maximum Gasteiger partial charge on any atom is 0.178 e. The molecule has 0 aromatic heterocycles. The number of Topliss-reactive ketones (excluding diaryl/α,β-unsaturated/α-hetero) is 1. The molecule has 4 aliphatic rings. The van der Waals surface area contributed by atoms with Crippen LogP contribution >= 0.6 is 0 Å². The van der Waals surface area contributed by atoms with Gasteiger partial charge in [-0.15, -0.1) is 0 Å². The summed E-state index contributed by atoms with van der Waals surface area (Å²) in [7, 11) is 0. The van der Waals surface area contributed by atoms with Crippen molar-refractivity contribution in [1.82, 2.24) is 0 Å². The average molecular weight is 334 g/mol. The van der Waals surface area contributed by atoms with Crippen LogP contribution in [0.5, 0.6) is 0 Å². The van der Waals surface area contributed by atoms with Gasteiger partial charge in [0, 0.05) is 16.7 Å². The predicted molar refractivity (Wildman–Crippen MR) is 84.8 cm³/mol. The van der Waals surface area contributed by atoms with Crippen LogP contribution in [0.2, 0.25) is 0 Å². The lowest BCUT2D eigenvalue weighted by molar-refractivity contribution is -0.190. The van der Waals surface area contributed by atoms with Crippen molar-refractivity contribution in [3.05, 3.63) is 23.8 Å². The lowest BCUT2D eigenvalue weighted by atomic mass is 9.46. The minimum absolute atomic E-state index is 0.0191. The molecule has 0 bridgehead atoms. The Morgan fingerprint density at radius 2 is 1.92 bits per heavy atom. The molecule has 2 unspecified atom stereocenters. The van der Waals surface area contributed by atoms with Crippen molar-refractivity contribution in [2.24, 2.45) is 22.7 Å². The minimum Gasteiger partial charge on any atom is -0.390 e.